The topological polar surface area (TPSA) is 110 Å². The first-order valence-electron chi connectivity index (χ1n) is 7.67. The number of nitrogen functional groups attached to an aromatic ring is 1. The number of aromatic nitrogens is 1. The molecule has 1 aliphatic heterocycles. The number of hydrazone groups is 1. The fraction of sp³-hybridized carbons (Fsp3) is 0.333. The Morgan fingerprint density at radius 3 is 2.83 bits per heavy atom. The third-order valence-corrected chi connectivity index (χ3v) is 4.57. The first-order chi connectivity index (χ1) is 11.6. The number of nitrogens with zero attached hydrogens (tertiary/aromatic N) is 4. The van der Waals surface area contributed by atoms with Gasteiger partial charge in [0.2, 0.25) is 5.13 Å². The van der Waals surface area contributed by atoms with Crippen molar-refractivity contribution in [2.45, 2.75) is 19.3 Å². The molecule has 3 rings (SSSR count). The molecule has 126 valence electrons. The monoisotopic (exact) mass is 346 g/mol. The summed E-state index contributed by atoms with van der Waals surface area (Å²) in [6, 6.07) is 4.88. The minimum absolute atomic E-state index is 0.0516. The summed E-state index contributed by atoms with van der Waals surface area (Å²) < 4.78 is 0. The Morgan fingerprint density at radius 1 is 1.38 bits per heavy atom. The van der Waals surface area contributed by atoms with Crippen molar-refractivity contribution in [3.8, 4) is 0 Å². The van der Waals surface area contributed by atoms with Crippen LogP contribution in [0.2, 0.25) is 0 Å². The molecule has 0 amide bonds. The summed E-state index contributed by atoms with van der Waals surface area (Å²) >= 11 is 1.35. The number of anilines is 3. The standard InChI is InChI=1S/C15H18N6O2S/c16-14-10-24-15(18-14)19-17-9-11-8-12(21(22)23)4-5-13(11)20-6-2-1-3-7-20/h4-5,8-10H,1-3,6-7,16H2,(H,18,19). The van der Waals surface area contributed by atoms with Crippen molar-refractivity contribution in [3.05, 3.63) is 39.3 Å². The van der Waals surface area contributed by atoms with Crippen LogP contribution in [0.5, 0.6) is 0 Å². The van der Waals surface area contributed by atoms with E-state index in [-0.39, 0.29) is 5.69 Å². The minimum atomic E-state index is -0.397. The van der Waals surface area contributed by atoms with Gasteiger partial charge in [0.05, 0.1) is 11.1 Å². The number of rotatable bonds is 5. The number of hydrogen-bond donors (Lipinski definition) is 2. The van der Waals surface area contributed by atoms with E-state index in [9.17, 15) is 10.1 Å². The fourth-order valence-electron chi connectivity index (χ4n) is 2.68. The van der Waals surface area contributed by atoms with Crippen molar-refractivity contribution in [2.24, 2.45) is 5.10 Å². The average molecular weight is 346 g/mol. The molecule has 3 N–H and O–H groups in total. The Hall–Kier alpha value is -2.68. The van der Waals surface area contributed by atoms with Gasteiger partial charge in [-0.15, -0.1) is 11.3 Å². The number of thiazole rings is 1. The molecule has 1 fully saturated rings. The van der Waals surface area contributed by atoms with Crippen LogP contribution in [0, 0.1) is 10.1 Å². The maximum atomic E-state index is 11.0. The van der Waals surface area contributed by atoms with Gasteiger partial charge in [-0.2, -0.15) is 5.10 Å². The van der Waals surface area contributed by atoms with Gasteiger partial charge in [0.1, 0.15) is 5.82 Å². The average Bonchev–Trinajstić information content (AvgIpc) is 3.01. The number of nitrogens with two attached hydrogens (primary N) is 1. The predicted octanol–water partition coefficient (Wildman–Crippen LogP) is 3.07. The number of nitro benzene ring substituents is 1. The molecule has 1 aromatic carbocycles. The first kappa shape index (κ1) is 16.2. The van der Waals surface area contributed by atoms with Crippen molar-refractivity contribution in [1.29, 1.82) is 0 Å². The summed E-state index contributed by atoms with van der Waals surface area (Å²) in [7, 11) is 0. The van der Waals surface area contributed by atoms with Crippen LogP contribution in [-0.4, -0.2) is 29.2 Å². The second-order valence-corrected chi connectivity index (χ2v) is 6.35. The third-order valence-electron chi connectivity index (χ3n) is 3.80. The van der Waals surface area contributed by atoms with Crippen molar-refractivity contribution in [3.63, 3.8) is 0 Å². The maximum absolute atomic E-state index is 11.0. The number of nitrogens with one attached hydrogen (secondary N) is 1. The van der Waals surface area contributed by atoms with E-state index < -0.39 is 4.92 Å². The molecule has 0 atom stereocenters. The molecule has 0 aliphatic carbocycles. The lowest BCUT2D eigenvalue weighted by atomic mass is 10.1. The Morgan fingerprint density at radius 2 is 2.17 bits per heavy atom. The van der Waals surface area contributed by atoms with Crippen LogP contribution in [-0.2, 0) is 0 Å². The zero-order valence-electron chi connectivity index (χ0n) is 13.0. The van der Waals surface area contributed by atoms with Crippen LogP contribution < -0.4 is 16.1 Å². The summed E-state index contributed by atoms with van der Waals surface area (Å²) in [4.78, 5) is 17.0. The van der Waals surface area contributed by atoms with Gasteiger partial charge in [0.15, 0.2) is 0 Å². The van der Waals surface area contributed by atoms with Crippen molar-refractivity contribution >= 4 is 39.9 Å². The normalized spacial score (nSPS) is 14.9. The van der Waals surface area contributed by atoms with Crippen molar-refractivity contribution in [2.75, 3.05) is 29.1 Å². The van der Waals surface area contributed by atoms with Gasteiger partial charge in [-0.25, -0.2) is 4.98 Å². The van der Waals surface area contributed by atoms with E-state index in [4.69, 9.17) is 5.73 Å². The number of hydrogen-bond acceptors (Lipinski definition) is 8. The SMILES string of the molecule is Nc1csc(NN=Cc2cc([N+](=O)[O-])ccc2N2CCCCC2)n1. The van der Waals surface area contributed by atoms with Crippen LogP contribution in [0.1, 0.15) is 24.8 Å². The predicted molar refractivity (Wildman–Crippen MR) is 96.9 cm³/mol. The van der Waals surface area contributed by atoms with Crippen LogP contribution >= 0.6 is 11.3 Å². The Labute approximate surface area is 143 Å². The highest BCUT2D eigenvalue weighted by atomic mass is 32.1. The fourth-order valence-corrected chi connectivity index (χ4v) is 3.22. The van der Waals surface area contributed by atoms with Crippen LogP contribution in [0.3, 0.4) is 0 Å². The molecule has 1 aliphatic rings. The third kappa shape index (κ3) is 3.80. The molecule has 0 saturated carbocycles. The number of nitro groups is 1. The maximum Gasteiger partial charge on any atom is 0.270 e. The van der Waals surface area contributed by atoms with Crippen LogP contribution in [0.15, 0.2) is 28.7 Å². The summed E-state index contributed by atoms with van der Waals surface area (Å²) in [6.07, 6.45) is 5.07. The molecular formula is C15H18N6O2S. The number of piperidine rings is 1. The van der Waals surface area contributed by atoms with E-state index >= 15 is 0 Å². The lowest BCUT2D eigenvalue weighted by molar-refractivity contribution is -0.384. The highest BCUT2D eigenvalue weighted by molar-refractivity contribution is 7.14. The Balaban J connectivity index is 1.84. The second-order valence-electron chi connectivity index (χ2n) is 5.50. The molecule has 0 unspecified atom stereocenters. The lowest BCUT2D eigenvalue weighted by Crippen LogP contribution is -2.30. The van der Waals surface area contributed by atoms with E-state index in [0.29, 0.717) is 16.5 Å². The molecule has 9 heteroatoms. The lowest BCUT2D eigenvalue weighted by Gasteiger charge is -2.29. The molecule has 24 heavy (non-hydrogen) atoms. The Kier molecular flexibility index (Phi) is 4.90. The molecule has 0 bridgehead atoms. The largest absolute Gasteiger partial charge is 0.383 e. The van der Waals surface area contributed by atoms with Crippen LogP contribution in [0.25, 0.3) is 0 Å². The Bertz CT molecular complexity index is 754. The molecule has 0 radical (unpaired) electrons. The molecule has 2 aromatic rings. The summed E-state index contributed by atoms with van der Waals surface area (Å²) in [5.41, 5.74) is 10.1. The molecular weight excluding hydrogens is 328 g/mol. The van der Waals surface area contributed by atoms with Gasteiger partial charge in [-0.05, 0) is 25.3 Å². The molecule has 1 aromatic heterocycles. The van der Waals surface area contributed by atoms with E-state index in [0.717, 1.165) is 31.6 Å². The van der Waals surface area contributed by atoms with Gasteiger partial charge in [-0.3, -0.25) is 15.5 Å². The molecule has 0 spiro atoms. The number of non-ortho nitro benzene ring substituents is 1. The zero-order chi connectivity index (χ0) is 16.9. The quantitative estimate of drug-likeness (QED) is 0.489. The van der Waals surface area contributed by atoms with Gasteiger partial charge in [0.25, 0.3) is 5.69 Å². The molecule has 1 saturated heterocycles. The van der Waals surface area contributed by atoms with Crippen LogP contribution in [0.4, 0.5) is 22.3 Å². The van der Waals surface area contributed by atoms with Gasteiger partial charge in [-0.1, -0.05) is 0 Å². The smallest absolute Gasteiger partial charge is 0.270 e. The van der Waals surface area contributed by atoms with E-state index in [1.807, 2.05) is 0 Å². The van der Waals surface area contributed by atoms with Crippen molar-refractivity contribution < 1.29 is 4.92 Å². The van der Waals surface area contributed by atoms with E-state index in [1.54, 1.807) is 23.7 Å². The zero-order valence-corrected chi connectivity index (χ0v) is 13.8. The second kappa shape index (κ2) is 7.26. The van der Waals surface area contributed by atoms with Gasteiger partial charge in [0, 0.05) is 41.9 Å². The van der Waals surface area contributed by atoms with Gasteiger partial charge >= 0.3 is 0 Å². The van der Waals surface area contributed by atoms with Crippen molar-refractivity contribution in [1.82, 2.24) is 4.98 Å². The number of benzene rings is 1. The van der Waals surface area contributed by atoms with E-state index in [2.05, 4.69) is 20.4 Å². The molecule has 8 nitrogen and oxygen atoms in total. The summed E-state index contributed by atoms with van der Waals surface area (Å²) in [5.74, 6) is 0.432. The first-order valence-corrected chi connectivity index (χ1v) is 8.55. The minimum Gasteiger partial charge on any atom is -0.383 e. The van der Waals surface area contributed by atoms with E-state index in [1.165, 1.54) is 23.8 Å². The summed E-state index contributed by atoms with van der Waals surface area (Å²) in [6.45, 7) is 1.91. The summed E-state index contributed by atoms with van der Waals surface area (Å²) in [5, 5.41) is 17.5. The molecule has 2 heterocycles. The van der Waals surface area contributed by atoms with Gasteiger partial charge < -0.3 is 10.6 Å². The highest BCUT2D eigenvalue weighted by Gasteiger charge is 2.16. The highest BCUT2D eigenvalue weighted by Crippen LogP contribution is 2.27.